The van der Waals surface area contributed by atoms with Crippen LogP contribution >= 0.6 is 24.0 Å². The minimum absolute atomic E-state index is 0.231. The molecule has 0 bridgehead atoms. The van der Waals surface area contributed by atoms with Gasteiger partial charge in [0.1, 0.15) is 0 Å². The fourth-order valence-corrected chi connectivity index (χ4v) is 2.43. The van der Waals surface area contributed by atoms with Crippen LogP contribution in [0.4, 0.5) is 0 Å². The second-order valence-corrected chi connectivity index (χ2v) is 4.86. The number of amidine groups is 1. The first kappa shape index (κ1) is 11.8. The van der Waals surface area contributed by atoms with Crippen molar-refractivity contribution in [3.8, 4) is 0 Å². The van der Waals surface area contributed by atoms with Gasteiger partial charge in [0.2, 0.25) is 0 Å². The summed E-state index contributed by atoms with van der Waals surface area (Å²) in [5.41, 5.74) is 0. The highest BCUT2D eigenvalue weighted by atomic mass is 32.2. The first-order valence-electron chi connectivity index (χ1n) is 5.12. The van der Waals surface area contributed by atoms with Gasteiger partial charge in [-0.25, -0.2) is 0 Å². The summed E-state index contributed by atoms with van der Waals surface area (Å²) in [6.45, 7) is 3.40. The lowest BCUT2D eigenvalue weighted by atomic mass is 10.4. The number of thiocarbonyl (C=S) groups is 1. The van der Waals surface area contributed by atoms with E-state index in [1.54, 1.807) is 11.8 Å². The zero-order chi connectivity index (χ0) is 11.4. The van der Waals surface area contributed by atoms with Gasteiger partial charge in [0, 0.05) is 18.8 Å². The standard InChI is InChI=1S/C9H13N3O2S2/c13-7(11-9-10-1-6-16-9)8(15)12-2-4-14-5-3-12/h1-6H2,(H,10,11,13). The van der Waals surface area contributed by atoms with E-state index in [9.17, 15) is 4.79 Å². The van der Waals surface area contributed by atoms with Crippen molar-refractivity contribution in [2.75, 3.05) is 38.6 Å². The number of rotatable bonds is 0. The van der Waals surface area contributed by atoms with E-state index in [0.29, 0.717) is 36.5 Å². The lowest BCUT2D eigenvalue weighted by molar-refractivity contribution is -0.114. The molecule has 1 saturated heterocycles. The van der Waals surface area contributed by atoms with E-state index in [1.807, 2.05) is 4.90 Å². The Morgan fingerprint density at radius 1 is 1.50 bits per heavy atom. The van der Waals surface area contributed by atoms with Crippen LogP contribution in [0.1, 0.15) is 0 Å². The van der Waals surface area contributed by atoms with Crippen LogP contribution in [0.5, 0.6) is 0 Å². The third-order valence-corrected chi connectivity index (χ3v) is 3.63. The van der Waals surface area contributed by atoms with Crippen LogP contribution in [0.25, 0.3) is 0 Å². The van der Waals surface area contributed by atoms with Crippen LogP contribution in [0.2, 0.25) is 0 Å². The van der Waals surface area contributed by atoms with Gasteiger partial charge in [-0.3, -0.25) is 15.1 Å². The molecule has 2 heterocycles. The number of aliphatic imine (C=N–C) groups is 1. The van der Waals surface area contributed by atoms with E-state index in [0.717, 1.165) is 12.3 Å². The van der Waals surface area contributed by atoms with Crippen LogP contribution in [0.15, 0.2) is 4.99 Å². The number of carbonyl (C=O) groups is 1. The maximum Gasteiger partial charge on any atom is 0.284 e. The molecule has 0 saturated carbocycles. The van der Waals surface area contributed by atoms with Gasteiger partial charge in [0.05, 0.1) is 19.8 Å². The topological polar surface area (TPSA) is 53.9 Å². The molecular formula is C9H13N3O2S2. The molecule has 0 spiro atoms. The largest absolute Gasteiger partial charge is 0.378 e. The first-order valence-corrected chi connectivity index (χ1v) is 6.52. The van der Waals surface area contributed by atoms with E-state index in [-0.39, 0.29) is 5.91 Å². The maximum atomic E-state index is 11.8. The molecule has 1 fully saturated rings. The van der Waals surface area contributed by atoms with Crippen molar-refractivity contribution >= 4 is 40.0 Å². The lowest BCUT2D eigenvalue weighted by Crippen LogP contribution is -2.47. The highest BCUT2D eigenvalue weighted by Crippen LogP contribution is 2.09. The van der Waals surface area contributed by atoms with Crippen molar-refractivity contribution < 1.29 is 9.53 Å². The molecule has 2 aliphatic heterocycles. The van der Waals surface area contributed by atoms with Gasteiger partial charge in [0.25, 0.3) is 5.91 Å². The summed E-state index contributed by atoms with van der Waals surface area (Å²) in [5, 5.41) is 3.41. The molecule has 2 rings (SSSR count). The number of nitrogens with zero attached hydrogens (tertiary/aromatic N) is 2. The number of hydrogen-bond donors (Lipinski definition) is 1. The molecule has 7 heteroatoms. The Morgan fingerprint density at radius 2 is 2.25 bits per heavy atom. The van der Waals surface area contributed by atoms with Gasteiger partial charge < -0.3 is 9.64 Å². The smallest absolute Gasteiger partial charge is 0.284 e. The van der Waals surface area contributed by atoms with Crippen molar-refractivity contribution in [2.24, 2.45) is 4.99 Å². The zero-order valence-corrected chi connectivity index (χ0v) is 10.4. The maximum absolute atomic E-state index is 11.8. The van der Waals surface area contributed by atoms with Crippen LogP contribution in [0, 0.1) is 0 Å². The Kier molecular flexibility index (Phi) is 4.14. The summed E-state index contributed by atoms with van der Waals surface area (Å²) < 4.78 is 5.20. The second kappa shape index (κ2) is 5.60. The van der Waals surface area contributed by atoms with Gasteiger partial charge in [-0.15, -0.1) is 0 Å². The molecule has 0 aromatic carbocycles. The lowest BCUT2D eigenvalue weighted by Gasteiger charge is -2.28. The molecule has 16 heavy (non-hydrogen) atoms. The molecule has 0 radical (unpaired) electrons. The first-order chi connectivity index (χ1) is 7.77. The molecule has 0 unspecified atom stereocenters. The molecule has 5 nitrogen and oxygen atoms in total. The third-order valence-electron chi connectivity index (χ3n) is 2.30. The number of nitrogens with one attached hydrogen (secondary N) is 1. The van der Waals surface area contributed by atoms with Gasteiger partial charge >= 0.3 is 0 Å². The Labute approximate surface area is 104 Å². The van der Waals surface area contributed by atoms with Crippen molar-refractivity contribution in [3.63, 3.8) is 0 Å². The summed E-state index contributed by atoms with van der Waals surface area (Å²) in [7, 11) is 0. The average molecular weight is 259 g/mol. The molecular weight excluding hydrogens is 246 g/mol. The Morgan fingerprint density at radius 3 is 2.88 bits per heavy atom. The molecule has 1 amide bonds. The van der Waals surface area contributed by atoms with Crippen molar-refractivity contribution in [1.82, 2.24) is 10.2 Å². The fourth-order valence-electron chi connectivity index (χ4n) is 1.47. The summed E-state index contributed by atoms with van der Waals surface area (Å²) in [6, 6.07) is 0. The molecule has 0 aromatic rings. The van der Waals surface area contributed by atoms with E-state index in [4.69, 9.17) is 17.0 Å². The number of morpholine rings is 1. The molecule has 2 aliphatic rings. The van der Waals surface area contributed by atoms with E-state index < -0.39 is 0 Å². The fraction of sp³-hybridized carbons (Fsp3) is 0.667. The minimum Gasteiger partial charge on any atom is -0.378 e. The highest BCUT2D eigenvalue weighted by molar-refractivity contribution is 8.14. The Bertz CT molecular complexity index is 327. The Balaban J connectivity index is 1.85. The normalized spacial score (nSPS) is 20.5. The van der Waals surface area contributed by atoms with Gasteiger partial charge in [-0.05, 0) is 0 Å². The number of hydrogen-bond acceptors (Lipinski definition) is 5. The molecule has 0 atom stereocenters. The van der Waals surface area contributed by atoms with Crippen molar-refractivity contribution in [3.05, 3.63) is 0 Å². The number of carbonyl (C=O) groups excluding carboxylic acids is 1. The minimum atomic E-state index is -0.231. The number of thioether (sulfide) groups is 1. The number of ether oxygens (including phenoxy) is 1. The average Bonchev–Trinajstić information content (AvgIpc) is 2.82. The monoisotopic (exact) mass is 259 g/mol. The third kappa shape index (κ3) is 2.93. The predicted molar refractivity (Wildman–Crippen MR) is 67.9 cm³/mol. The molecule has 1 N–H and O–H groups in total. The van der Waals surface area contributed by atoms with Crippen molar-refractivity contribution in [2.45, 2.75) is 0 Å². The Hall–Kier alpha value is -0.660. The van der Waals surface area contributed by atoms with Crippen LogP contribution in [-0.4, -0.2) is 59.6 Å². The van der Waals surface area contributed by atoms with E-state index in [1.165, 1.54) is 0 Å². The molecule has 88 valence electrons. The molecule has 0 aliphatic carbocycles. The van der Waals surface area contributed by atoms with E-state index in [2.05, 4.69) is 10.3 Å². The number of amides is 1. The van der Waals surface area contributed by atoms with Crippen LogP contribution < -0.4 is 5.32 Å². The predicted octanol–water partition coefficient (Wildman–Crippen LogP) is -0.135. The summed E-state index contributed by atoms with van der Waals surface area (Å²) in [4.78, 5) is 18.1. The van der Waals surface area contributed by atoms with Crippen LogP contribution in [0.3, 0.4) is 0 Å². The SMILES string of the molecule is O=C(NC1=NCCS1)C(=S)N1CCOCC1. The van der Waals surface area contributed by atoms with Gasteiger partial charge in [-0.1, -0.05) is 24.0 Å². The summed E-state index contributed by atoms with van der Waals surface area (Å²) >= 11 is 6.68. The summed E-state index contributed by atoms with van der Waals surface area (Å²) in [6.07, 6.45) is 0. The second-order valence-electron chi connectivity index (χ2n) is 3.39. The van der Waals surface area contributed by atoms with Gasteiger partial charge in [-0.2, -0.15) is 0 Å². The quantitative estimate of drug-likeness (QED) is 0.614. The van der Waals surface area contributed by atoms with Crippen molar-refractivity contribution in [1.29, 1.82) is 0 Å². The van der Waals surface area contributed by atoms with Crippen LogP contribution in [-0.2, 0) is 9.53 Å². The zero-order valence-electron chi connectivity index (χ0n) is 8.77. The van der Waals surface area contributed by atoms with E-state index >= 15 is 0 Å². The highest BCUT2D eigenvalue weighted by Gasteiger charge is 2.21. The summed E-state index contributed by atoms with van der Waals surface area (Å²) in [5.74, 6) is 0.699. The van der Waals surface area contributed by atoms with Gasteiger partial charge in [0.15, 0.2) is 10.2 Å². The molecule has 0 aromatic heterocycles.